The Balaban J connectivity index is 2.57. The van der Waals surface area contributed by atoms with Crippen molar-refractivity contribution in [3.8, 4) is 0 Å². The van der Waals surface area contributed by atoms with Gasteiger partial charge in [0.05, 0.1) is 0 Å². The molecule has 13 heavy (non-hydrogen) atoms. The van der Waals surface area contributed by atoms with Crippen LogP contribution in [0.2, 0.25) is 0 Å². The van der Waals surface area contributed by atoms with E-state index >= 15 is 0 Å². The molecule has 2 N–H and O–H groups in total. The topological polar surface area (TPSA) is 29.3 Å². The van der Waals surface area contributed by atoms with E-state index in [1.54, 1.807) is 0 Å². The largest absolute Gasteiger partial charge is 0.329 e. The first kappa shape index (κ1) is 11.0. The van der Waals surface area contributed by atoms with Crippen LogP contribution in [0.1, 0.15) is 46.0 Å². The average Bonchev–Trinajstić information content (AvgIpc) is 2.05. The van der Waals surface area contributed by atoms with Crippen LogP contribution in [0.5, 0.6) is 0 Å². The zero-order chi connectivity index (χ0) is 9.90. The number of rotatable bonds is 5. The third-order valence-electron chi connectivity index (χ3n) is 3.90. The van der Waals surface area contributed by atoms with Crippen molar-refractivity contribution in [2.45, 2.75) is 57.5 Å². The van der Waals surface area contributed by atoms with E-state index in [0.29, 0.717) is 5.54 Å². The molecule has 1 rings (SSSR count). The van der Waals surface area contributed by atoms with Gasteiger partial charge in [-0.05, 0) is 39.2 Å². The minimum Gasteiger partial charge on any atom is -0.329 e. The van der Waals surface area contributed by atoms with Crippen molar-refractivity contribution in [1.29, 1.82) is 0 Å². The molecule has 0 aliphatic heterocycles. The molecular weight excluding hydrogens is 160 g/mol. The van der Waals surface area contributed by atoms with Crippen LogP contribution in [0.25, 0.3) is 0 Å². The lowest BCUT2D eigenvalue weighted by molar-refractivity contribution is 0.00886. The van der Waals surface area contributed by atoms with E-state index in [1.165, 1.54) is 32.1 Å². The van der Waals surface area contributed by atoms with Crippen molar-refractivity contribution in [1.82, 2.24) is 4.90 Å². The van der Waals surface area contributed by atoms with Crippen LogP contribution in [0, 0.1) is 0 Å². The SMILES string of the molecule is CCC(CC)N(C)C1(CN)CCC1. The Hall–Kier alpha value is -0.0800. The Kier molecular flexibility index (Phi) is 3.74. The van der Waals surface area contributed by atoms with Gasteiger partial charge in [0, 0.05) is 18.1 Å². The third-order valence-corrected chi connectivity index (χ3v) is 3.90. The lowest BCUT2D eigenvalue weighted by Crippen LogP contribution is -2.59. The van der Waals surface area contributed by atoms with Crippen molar-refractivity contribution in [2.75, 3.05) is 13.6 Å². The summed E-state index contributed by atoms with van der Waals surface area (Å²) in [6, 6.07) is 0.726. The molecule has 0 heterocycles. The van der Waals surface area contributed by atoms with E-state index in [0.717, 1.165) is 12.6 Å². The Labute approximate surface area is 82.5 Å². The zero-order valence-corrected chi connectivity index (χ0v) is 9.34. The summed E-state index contributed by atoms with van der Waals surface area (Å²) in [5, 5.41) is 0. The highest BCUT2D eigenvalue weighted by Gasteiger charge is 2.41. The van der Waals surface area contributed by atoms with E-state index in [-0.39, 0.29) is 0 Å². The number of nitrogens with zero attached hydrogens (tertiary/aromatic N) is 1. The summed E-state index contributed by atoms with van der Waals surface area (Å²) in [5.41, 5.74) is 6.23. The maximum Gasteiger partial charge on any atom is 0.0331 e. The molecule has 1 fully saturated rings. The van der Waals surface area contributed by atoms with Crippen molar-refractivity contribution >= 4 is 0 Å². The van der Waals surface area contributed by atoms with E-state index in [1.807, 2.05) is 0 Å². The van der Waals surface area contributed by atoms with Gasteiger partial charge in [-0.25, -0.2) is 0 Å². The first-order chi connectivity index (χ1) is 6.20. The quantitative estimate of drug-likeness (QED) is 0.708. The number of hydrogen-bond donors (Lipinski definition) is 1. The normalized spacial score (nSPS) is 20.8. The van der Waals surface area contributed by atoms with Gasteiger partial charge in [-0.2, -0.15) is 0 Å². The van der Waals surface area contributed by atoms with Gasteiger partial charge >= 0.3 is 0 Å². The second-order valence-electron chi connectivity index (χ2n) is 4.36. The molecule has 0 aromatic carbocycles. The summed E-state index contributed by atoms with van der Waals surface area (Å²) in [6.07, 6.45) is 6.46. The Bertz CT molecular complexity index is 143. The second-order valence-corrected chi connectivity index (χ2v) is 4.36. The van der Waals surface area contributed by atoms with Gasteiger partial charge in [-0.3, -0.25) is 4.90 Å². The zero-order valence-electron chi connectivity index (χ0n) is 9.34. The highest BCUT2D eigenvalue weighted by Crippen LogP contribution is 2.37. The highest BCUT2D eigenvalue weighted by atomic mass is 15.2. The number of hydrogen-bond acceptors (Lipinski definition) is 2. The fourth-order valence-corrected chi connectivity index (χ4v) is 2.51. The minimum atomic E-state index is 0.358. The molecule has 2 heteroatoms. The van der Waals surface area contributed by atoms with Gasteiger partial charge < -0.3 is 5.73 Å². The van der Waals surface area contributed by atoms with Crippen LogP contribution < -0.4 is 5.73 Å². The summed E-state index contributed by atoms with van der Waals surface area (Å²) in [7, 11) is 2.25. The monoisotopic (exact) mass is 184 g/mol. The van der Waals surface area contributed by atoms with Crippen LogP contribution >= 0.6 is 0 Å². The Morgan fingerprint density at radius 2 is 1.85 bits per heavy atom. The van der Waals surface area contributed by atoms with Gasteiger partial charge in [0.25, 0.3) is 0 Å². The highest BCUT2D eigenvalue weighted by molar-refractivity contribution is 4.99. The maximum absolute atomic E-state index is 5.88. The van der Waals surface area contributed by atoms with Crippen LogP contribution in [0.4, 0.5) is 0 Å². The fraction of sp³-hybridized carbons (Fsp3) is 1.00. The molecule has 0 aromatic heterocycles. The van der Waals surface area contributed by atoms with Crippen molar-refractivity contribution in [3.63, 3.8) is 0 Å². The van der Waals surface area contributed by atoms with Gasteiger partial charge in [0.15, 0.2) is 0 Å². The van der Waals surface area contributed by atoms with E-state index in [4.69, 9.17) is 5.73 Å². The van der Waals surface area contributed by atoms with Crippen molar-refractivity contribution in [2.24, 2.45) is 5.73 Å². The van der Waals surface area contributed by atoms with E-state index in [2.05, 4.69) is 25.8 Å². The molecule has 78 valence electrons. The molecule has 0 amide bonds. The maximum atomic E-state index is 5.88. The predicted octanol–water partition coefficient (Wildman–Crippen LogP) is 1.99. The van der Waals surface area contributed by atoms with Crippen molar-refractivity contribution < 1.29 is 0 Å². The van der Waals surface area contributed by atoms with Crippen LogP contribution in [0.3, 0.4) is 0 Å². The first-order valence-electron chi connectivity index (χ1n) is 5.63. The molecule has 2 nitrogen and oxygen atoms in total. The average molecular weight is 184 g/mol. The molecule has 0 saturated heterocycles. The van der Waals surface area contributed by atoms with E-state index in [9.17, 15) is 0 Å². The first-order valence-corrected chi connectivity index (χ1v) is 5.63. The Morgan fingerprint density at radius 1 is 1.31 bits per heavy atom. The molecule has 0 bridgehead atoms. The molecule has 0 aromatic rings. The second kappa shape index (κ2) is 4.43. The third kappa shape index (κ3) is 1.89. The smallest absolute Gasteiger partial charge is 0.0331 e. The molecule has 1 aliphatic rings. The number of likely N-dealkylation sites (N-methyl/N-ethyl adjacent to an activating group) is 1. The molecule has 1 saturated carbocycles. The molecular formula is C11H24N2. The predicted molar refractivity (Wildman–Crippen MR) is 57.8 cm³/mol. The standard InChI is InChI=1S/C11H24N2/c1-4-10(5-2)13(3)11(9-12)7-6-8-11/h10H,4-9,12H2,1-3H3. The minimum absolute atomic E-state index is 0.358. The molecule has 1 aliphatic carbocycles. The Morgan fingerprint density at radius 3 is 2.08 bits per heavy atom. The molecule has 0 atom stereocenters. The van der Waals surface area contributed by atoms with Crippen LogP contribution in [-0.2, 0) is 0 Å². The van der Waals surface area contributed by atoms with E-state index < -0.39 is 0 Å². The van der Waals surface area contributed by atoms with Gasteiger partial charge in [-0.15, -0.1) is 0 Å². The summed E-state index contributed by atoms with van der Waals surface area (Å²) in [5.74, 6) is 0. The lowest BCUT2D eigenvalue weighted by atomic mass is 9.74. The molecule has 0 unspecified atom stereocenters. The summed E-state index contributed by atoms with van der Waals surface area (Å²) < 4.78 is 0. The fourth-order valence-electron chi connectivity index (χ4n) is 2.51. The number of nitrogens with two attached hydrogens (primary N) is 1. The summed E-state index contributed by atoms with van der Waals surface area (Å²) in [4.78, 5) is 2.54. The van der Waals surface area contributed by atoms with Crippen LogP contribution in [0.15, 0.2) is 0 Å². The molecule has 0 radical (unpaired) electrons. The van der Waals surface area contributed by atoms with Gasteiger partial charge in [-0.1, -0.05) is 13.8 Å². The van der Waals surface area contributed by atoms with Gasteiger partial charge in [0.2, 0.25) is 0 Å². The van der Waals surface area contributed by atoms with Crippen LogP contribution in [-0.4, -0.2) is 30.1 Å². The van der Waals surface area contributed by atoms with Crippen molar-refractivity contribution in [3.05, 3.63) is 0 Å². The lowest BCUT2D eigenvalue weighted by Gasteiger charge is -2.51. The van der Waals surface area contributed by atoms with Gasteiger partial charge in [0.1, 0.15) is 0 Å². The summed E-state index contributed by atoms with van der Waals surface area (Å²) in [6.45, 7) is 5.38. The summed E-state index contributed by atoms with van der Waals surface area (Å²) >= 11 is 0. The molecule has 0 spiro atoms.